The molecule has 1 aliphatic heterocycles. The summed E-state index contributed by atoms with van der Waals surface area (Å²) in [5.41, 5.74) is 2.14. The maximum Gasteiger partial charge on any atom is 0.134 e. The molecule has 2 heterocycles. The van der Waals surface area contributed by atoms with Crippen molar-refractivity contribution in [1.82, 2.24) is 9.88 Å². The van der Waals surface area contributed by atoms with E-state index in [0.717, 1.165) is 23.5 Å². The van der Waals surface area contributed by atoms with Gasteiger partial charge in [-0.2, -0.15) is 0 Å². The second-order valence-corrected chi connectivity index (χ2v) is 6.47. The third-order valence-corrected chi connectivity index (χ3v) is 4.99. The first kappa shape index (κ1) is 14.8. The number of fused-ring (bicyclic) bond motifs is 1. The number of rotatable bonds is 3. The molecule has 1 aliphatic rings. The van der Waals surface area contributed by atoms with Crippen molar-refractivity contribution in [3.63, 3.8) is 0 Å². The maximum atomic E-state index is 6.38. The Morgan fingerprint density at radius 1 is 1.24 bits per heavy atom. The van der Waals surface area contributed by atoms with Crippen molar-refractivity contribution in [2.45, 2.75) is 39.2 Å². The van der Waals surface area contributed by atoms with Gasteiger partial charge in [-0.3, -0.25) is 4.90 Å². The van der Waals surface area contributed by atoms with Crippen LogP contribution in [0.15, 0.2) is 30.3 Å². The Morgan fingerprint density at radius 2 is 2.10 bits per heavy atom. The van der Waals surface area contributed by atoms with Gasteiger partial charge in [0, 0.05) is 17.5 Å². The zero-order valence-electron chi connectivity index (χ0n) is 12.7. The quantitative estimate of drug-likeness (QED) is 0.750. The number of para-hydroxylation sites is 1. The lowest BCUT2D eigenvalue weighted by molar-refractivity contribution is 0.272. The molecule has 3 rings (SSSR count). The van der Waals surface area contributed by atoms with Crippen molar-refractivity contribution in [2.75, 3.05) is 13.1 Å². The largest absolute Gasteiger partial charge is 0.299 e. The predicted molar refractivity (Wildman–Crippen MR) is 89.7 cm³/mol. The topological polar surface area (TPSA) is 16.1 Å². The van der Waals surface area contributed by atoms with E-state index >= 15 is 0 Å². The molecule has 0 N–H and O–H groups in total. The van der Waals surface area contributed by atoms with Crippen LogP contribution in [0.5, 0.6) is 0 Å². The van der Waals surface area contributed by atoms with Gasteiger partial charge in [-0.05, 0) is 50.4 Å². The van der Waals surface area contributed by atoms with Gasteiger partial charge in [-0.15, -0.1) is 0 Å². The lowest BCUT2D eigenvalue weighted by Crippen LogP contribution is -2.24. The molecule has 0 aliphatic carbocycles. The van der Waals surface area contributed by atoms with Crippen LogP contribution in [-0.4, -0.2) is 23.0 Å². The SMILES string of the molecule is CCC1CCCN(Cc2cc3ccccc3nc2Cl)CC1. The van der Waals surface area contributed by atoms with Gasteiger partial charge in [-0.1, -0.05) is 43.1 Å². The van der Waals surface area contributed by atoms with Gasteiger partial charge in [0.2, 0.25) is 0 Å². The summed E-state index contributed by atoms with van der Waals surface area (Å²) >= 11 is 6.38. The first-order chi connectivity index (χ1) is 10.3. The molecule has 1 atom stereocenters. The Labute approximate surface area is 132 Å². The highest BCUT2D eigenvalue weighted by molar-refractivity contribution is 6.30. The van der Waals surface area contributed by atoms with Gasteiger partial charge in [0.1, 0.15) is 5.15 Å². The number of hydrogen-bond acceptors (Lipinski definition) is 2. The highest BCUT2D eigenvalue weighted by Crippen LogP contribution is 2.25. The molecule has 0 bridgehead atoms. The van der Waals surface area contributed by atoms with Gasteiger partial charge in [0.15, 0.2) is 0 Å². The van der Waals surface area contributed by atoms with E-state index in [0.29, 0.717) is 5.15 Å². The molecule has 0 spiro atoms. The number of likely N-dealkylation sites (tertiary alicyclic amines) is 1. The molecule has 0 radical (unpaired) electrons. The van der Waals surface area contributed by atoms with Gasteiger partial charge in [0.05, 0.1) is 5.52 Å². The number of pyridine rings is 1. The number of nitrogens with zero attached hydrogens (tertiary/aromatic N) is 2. The van der Waals surface area contributed by atoms with Crippen LogP contribution < -0.4 is 0 Å². The Kier molecular flexibility index (Phi) is 4.77. The summed E-state index contributed by atoms with van der Waals surface area (Å²) in [6.07, 6.45) is 5.30. The van der Waals surface area contributed by atoms with E-state index in [1.54, 1.807) is 0 Å². The van der Waals surface area contributed by atoms with Crippen LogP contribution in [0.3, 0.4) is 0 Å². The molecule has 0 saturated carbocycles. The molecule has 2 nitrogen and oxygen atoms in total. The van der Waals surface area contributed by atoms with Crippen molar-refractivity contribution in [3.8, 4) is 0 Å². The average molecular weight is 303 g/mol. The van der Waals surface area contributed by atoms with Crippen LogP contribution in [0.4, 0.5) is 0 Å². The fourth-order valence-electron chi connectivity index (χ4n) is 3.28. The summed E-state index contributed by atoms with van der Waals surface area (Å²) in [6, 6.07) is 10.4. The van der Waals surface area contributed by atoms with E-state index in [1.807, 2.05) is 12.1 Å². The van der Waals surface area contributed by atoms with Crippen LogP contribution in [0.2, 0.25) is 5.15 Å². The lowest BCUT2D eigenvalue weighted by atomic mass is 9.98. The van der Waals surface area contributed by atoms with E-state index in [-0.39, 0.29) is 0 Å². The fraction of sp³-hybridized carbons (Fsp3) is 0.500. The van der Waals surface area contributed by atoms with E-state index in [2.05, 4.69) is 35.0 Å². The van der Waals surface area contributed by atoms with Crippen LogP contribution >= 0.6 is 11.6 Å². The van der Waals surface area contributed by atoms with Crippen LogP contribution in [0, 0.1) is 5.92 Å². The van der Waals surface area contributed by atoms with Crippen molar-refractivity contribution in [3.05, 3.63) is 41.0 Å². The summed E-state index contributed by atoms with van der Waals surface area (Å²) in [5, 5.41) is 1.84. The molecule has 0 amide bonds. The van der Waals surface area contributed by atoms with Gasteiger partial charge < -0.3 is 0 Å². The molecule has 1 aromatic heterocycles. The highest BCUT2D eigenvalue weighted by atomic mass is 35.5. The Bertz CT molecular complexity index is 611. The van der Waals surface area contributed by atoms with E-state index in [9.17, 15) is 0 Å². The van der Waals surface area contributed by atoms with Crippen molar-refractivity contribution >= 4 is 22.5 Å². The lowest BCUT2D eigenvalue weighted by Gasteiger charge is -2.20. The Morgan fingerprint density at radius 3 is 2.95 bits per heavy atom. The second kappa shape index (κ2) is 6.76. The molecule has 21 heavy (non-hydrogen) atoms. The molecule has 1 aromatic carbocycles. The molecule has 1 unspecified atom stereocenters. The molecule has 2 aromatic rings. The minimum absolute atomic E-state index is 0.657. The standard InChI is InChI=1S/C18H23ClN2/c1-2-14-6-5-10-21(11-9-14)13-16-12-15-7-3-4-8-17(15)20-18(16)19/h3-4,7-8,12,14H,2,5-6,9-11,13H2,1H3. The summed E-state index contributed by atoms with van der Waals surface area (Å²) in [4.78, 5) is 7.07. The fourth-order valence-corrected chi connectivity index (χ4v) is 3.48. The number of halogens is 1. The summed E-state index contributed by atoms with van der Waals surface area (Å²) in [6.45, 7) is 5.60. The summed E-state index contributed by atoms with van der Waals surface area (Å²) in [7, 11) is 0. The second-order valence-electron chi connectivity index (χ2n) is 6.11. The zero-order valence-corrected chi connectivity index (χ0v) is 13.4. The molecule has 112 valence electrons. The molecule has 1 saturated heterocycles. The van der Waals surface area contributed by atoms with Crippen molar-refractivity contribution in [1.29, 1.82) is 0 Å². The molecular weight excluding hydrogens is 280 g/mol. The average Bonchev–Trinajstić information content (AvgIpc) is 2.73. The molecule has 1 fully saturated rings. The third kappa shape index (κ3) is 3.56. The van der Waals surface area contributed by atoms with E-state index in [1.165, 1.54) is 44.2 Å². The smallest absolute Gasteiger partial charge is 0.134 e. The number of benzene rings is 1. The van der Waals surface area contributed by atoms with E-state index < -0.39 is 0 Å². The highest BCUT2D eigenvalue weighted by Gasteiger charge is 2.17. The van der Waals surface area contributed by atoms with Crippen LogP contribution in [-0.2, 0) is 6.54 Å². The van der Waals surface area contributed by atoms with Crippen LogP contribution in [0.25, 0.3) is 10.9 Å². The maximum absolute atomic E-state index is 6.38. The van der Waals surface area contributed by atoms with Gasteiger partial charge >= 0.3 is 0 Å². The van der Waals surface area contributed by atoms with Gasteiger partial charge in [0.25, 0.3) is 0 Å². The molecular formula is C18H23ClN2. The monoisotopic (exact) mass is 302 g/mol. The third-order valence-electron chi connectivity index (χ3n) is 4.66. The van der Waals surface area contributed by atoms with Gasteiger partial charge in [-0.25, -0.2) is 4.98 Å². The summed E-state index contributed by atoms with van der Waals surface area (Å²) < 4.78 is 0. The Hall–Kier alpha value is -1.12. The Balaban J connectivity index is 1.76. The normalized spacial score (nSPS) is 20.6. The van der Waals surface area contributed by atoms with Crippen LogP contribution in [0.1, 0.15) is 38.2 Å². The number of hydrogen-bond donors (Lipinski definition) is 0. The zero-order chi connectivity index (χ0) is 14.7. The van der Waals surface area contributed by atoms with Crippen molar-refractivity contribution < 1.29 is 0 Å². The first-order valence-corrected chi connectivity index (χ1v) is 8.40. The summed E-state index contributed by atoms with van der Waals surface area (Å²) in [5.74, 6) is 0.903. The number of aromatic nitrogens is 1. The van der Waals surface area contributed by atoms with Crippen molar-refractivity contribution in [2.24, 2.45) is 5.92 Å². The minimum atomic E-state index is 0.657. The first-order valence-electron chi connectivity index (χ1n) is 8.02. The predicted octanol–water partition coefficient (Wildman–Crippen LogP) is 4.90. The minimum Gasteiger partial charge on any atom is -0.299 e. The van der Waals surface area contributed by atoms with E-state index in [4.69, 9.17) is 11.6 Å². The molecule has 3 heteroatoms.